The van der Waals surface area contributed by atoms with E-state index in [0.717, 1.165) is 30.0 Å². The van der Waals surface area contributed by atoms with Gasteiger partial charge in [0.05, 0.1) is 11.3 Å². The first-order valence-corrected chi connectivity index (χ1v) is 9.33. The van der Waals surface area contributed by atoms with Gasteiger partial charge < -0.3 is 9.88 Å². The molecule has 0 saturated carbocycles. The van der Waals surface area contributed by atoms with Gasteiger partial charge in [-0.05, 0) is 30.7 Å². The molecule has 2 heterocycles. The Balaban J connectivity index is 1.69. The van der Waals surface area contributed by atoms with Crippen molar-refractivity contribution in [1.82, 2.24) is 9.55 Å². The van der Waals surface area contributed by atoms with Crippen molar-refractivity contribution in [2.24, 2.45) is 13.0 Å². The van der Waals surface area contributed by atoms with E-state index in [9.17, 15) is 10.1 Å². The molecule has 1 aliphatic carbocycles. The molecule has 2 aromatic rings. The number of hydrogen-bond donors (Lipinski definition) is 1. The highest BCUT2D eigenvalue weighted by atomic mass is 32.2. The number of nitriles is 1. The number of thioether (sulfide) groups is 1. The van der Waals surface area contributed by atoms with E-state index in [1.54, 1.807) is 17.5 Å². The lowest BCUT2D eigenvalue weighted by molar-refractivity contribution is -0.113. The lowest BCUT2D eigenvalue weighted by Gasteiger charge is -2.17. The molecule has 2 aromatic heterocycles. The van der Waals surface area contributed by atoms with Gasteiger partial charge in [0.15, 0.2) is 5.16 Å². The summed E-state index contributed by atoms with van der Waals surface area (Å²) in [6.07, 6.45) is 6.62. The van der Waals surface area contributed by atoms with Crippen LogP contribution in [-0.4, -0.2) is 21.2 Å². The van der Waals surface area contributed by atoms with Crippen molar-refractivity contribution in [2.45, 2.75) is 31.3 Å². The van der Waals surface area contributed by atoms with Gasteiger partial charge in [-0.3, -0.25) is 4.79 Å². The molecule has 0 unspecified atom stereocenters. The summed E-state index contributed by atoms with van der Waals surface area (Å²) in [5, 5.41) is 13.9. The van der Waals surface area contributed by atoms with Gasteiger partial charge in [0.1, 0.15) is 11.1 Å². The number of amides is 1. The smallest absolute Gasteiger partial charge is 0.235 e. The van der Waals surface area contributed by atoms with Crippen LogP contribution in [0.5, 0.6) is 0 Å². The Kier molecular flexibility index (Phi) is 4.74. The van der Waals surface area contributed by atoms with Crippen molar-refractivity contribution in [2.75, 3.05) is 11.1 Å². The van der Waals surface area contributed by atoms with Crippen LogP contribution in [0.4, 0.5) is 5.00 Å². The molecule has 0 spiro atoms. The first kappa shape index (κ1) is 16.1. The SMILES string of the molecule is C[C@@H]1CCc2c(sc(NC(=O)CSc3nccn3C)c2C#N)C1. The predicted octanol–water partition coefficient (Wildman–Crippen LogP) is 3.21. The van der Waals surface area contributed by atoms with Gasteiger partial charge in [-0.2, -0.15) is 5.26 Å². The zero-order valence-electron chi connectivity index (χ0n) is 13.1. The summed E-state index contributed by atoms with van der Waals surface area (Å²) in [6, 6.07) is 2.28. The topological polar surface area (TPSA) is 70.7 Å². The van der Waals surface area contributed by atoms with E-state index in [-0.39, 0.29) is 11.7 Å². The zero-order chi connectivity index (χ0) is 16.4. The summed E-state index contributed by atoms with van der Waals surface area (Å²) in [4.78, 5) is 17.6. The number of carbonyl (C=O) groups is 1. The number of hydrogen-bond acceptors (Lipinski definition) is 5. The van der Waals surface area contributed by atoms with Crippen molar-refractivity contribution in [1.29, 1.82) is 5.26 Å². The van der Waals surface area contributed by atoms with Crippen molar-refractivity contribution in [3.8, 4) is 6.07 Å². The van der Waals surface area contributed by atoms with Gasteiger partial charge in [-0.25, -0.2) is 4.98 Å². The molecule has 1 atom stereocenters. The van der Waals surface area contributed by atoms with Crippen molar-refractivity contribution < 1.29 is 4.79 Å². The fraction of sp³-hybridized carbons (Fsp3) is 0.438. The summed E-state index contributed by atoms with van der Waals surface area (Å²) < 4.78 is 1.88. The average molecular weight is 346 g/mol. The van der Waals surface area contributed by atoms with Crippen LogP contribution in [0.3, 0.4) is 0 Å². The number of anilines is 1. The standard InChI is InChI=1S/C16H18N4OS2/c1-10-3-4-11-12(8-17)15(23-13(11)7-10)19-14(21)9-22-16-18-5-6-20(16)2/h5-6,10H,3-4,7,9H2,1-2H3,(H,19,21)/t10-/m1/s1. The van der Waals surface area contributed by atoms with E-state index >= 15 is 0 Å². The average Bonchev–Trinajstić information content (AvgIpc) is 3.07. The maximum absolute atomic E-state index is 12.2. The lowest BCUT2D eigenvalue weighted by atomic mass is 9.89. The molecule has 0 bridgehead atoms. The largest absolute Gasteiger partial charge is 0.329 e. The summed E-state index contributed by atoms with van der Waals surface area (Å²) in [6.45, 7) is 2.23. The second-order valence-electron chi connectivity index (χ2n) is 5.83. The van der Waals surface area contributed by atoms with E-state index in [1.165, 1.54) is 16.6 Å². The van der Waals surface area contributed by atoms with Gasteiger partial charge in [0.25, 0.3) is 0 Å². The molecule has 1 amide bonds. The van der Waals surface area contributed by atoms with E-state index in [1.807, 2.05) is 17.8 Å². The Morgan fingerprint density at radius 1 is 1.65 bits per heavy atom. The van der Waals surface area contributed by atoms with Crippen molar-refractivity contribution >= 4 is 34.0 Å². The van der Waals surface area contributed by atoms with Crippen molar-refractivity contribution in [3.63, 3.8) is 0 Å². The first-order valence-electron chi connectivity index (χ1n) is 7.53. The molecule has 0 aromatic carbocycles. The van der Waals surface area contributed by atoms with Crippen LogP contribution < -0.4 is 5.32 Å². The minimum Gasteiger partial charge on any atom is -0.329 e. The Hall–Kier alpha value is -1.78. The molecule has 1 aliphatic rings. The van der Waals surface area contributed by atoms with Crippen LogP contribution in [0.25, 0.3) is 0 Å². The molecule has 7 heteroatoms. The molecular formula is C16H18N4OS2. The summed E-state index contributed by atoms with van der Waals surface area (Å²) in [5.41, 5.74) is 1.80. The number of aryl methyl sites for hydroxylation is 1. The normalized spacial score (nSPS) is 16.7. The minimum absolute atomic E-state index is 0.0962. The number of rotatable bonds is 4. The highest BCUT2D eigenvalue weighted by Crippen LogP contribution is 2.39. The van der Waals surface area contributed by atoms with Crippen LogP contribution in [0.1, 0.15) is 29.3 Å². The number of aromatic nitrogens is 2. The summed E-state index contributed by atoms with van der Waals surface area (Å²) >= 11 is 2.95. The Morgan fingerprint density at radius 3 is 3.17 bits per heavy atom. The number of fused-ring (bicyclic) bond motifs is 1. The number of thiophene rings is 1. The molecular weight excluding hydrogens is 328 g/mol. The van der Waals surface area contributed by atoms with E-state index in [4.69, 9.17) is 0 Å². The highest BCUT2D eigenvalue weighted by molar-refractivity contribution is 7.99. The number of carbonyl (C=O) groups excluding carboxylic acids is 1. The Labute approximate surface area is 143 Å². The van der Waals surface area contributed by atoms with Crippen LogP contribution in [-0.2, 0) is 24.7 Å². The molecule has 120 valence electrons. The second-order valence-corrected chi connectivity index (χ2v) is 7.87. The third-order valence-corrected chi connectivity index (χ3v) is 6.21. The Bertz CT molecular complexity index is 772. The zero-order valence-corrected chi connectivity index (χ0v) is 14.8. The van der Waals surface area contributed by atoms with Crippen molar-refractivity contribution in [3.05, 3.63) is 28.4 Å². The molecule has 0 aliphatic heterocycles. The highest BCUT2D eigenvalue weighted by Gasteiger charge is 2.24. The molecule has 0 fully saturated rings. The van der Waals surface area contributed by atoms with Gasteiger partial charge in [0.2, 0.25) is 5.91 Å². The quantitative estimate of drug-likeness (QED) is 0.863. The molecule has 5 nitrogen and oxygen atoms in total. The molecule has 23 heavy (non-hydrogen) atoms. The summed E-state index contributed by atoms with van der Waals surface area (Å²) in [5.74, 6) is 0.839. The van der Waals surface area contributed by atoms with E-state index in [0.29, 0.717) is 16.5 Å². The predicted molar refractivity (Wildman–Crippen MR) is 92.8 cm³/mol. The lowest BCUT2D eigenvalue weighted by Crippen LogP contribution is -2.14. The number of nitrogens with zero attached hydrogens (tertiary/aromatic N) is 3. The number of imidazole rings is 1. The molecule has 3 rings (SSSR count). The fourth-order valence-corrected chi connectivity index (χ4v) is 4.85. The van der Waals surface area contributed by atoms with Crippen LogP contribution in [0, 0.1) is 17.2 Å². The van der Waals surface area contributed by atoms with Gasteiger partial charge in [-0.1, -0.05) is 18.7 Å². The Morgan fingerprint density at radius 2 is 2.48 bits per heavy atom. The van der Waals surface area contributed by atoms with Gasteiger partial charge in [-0.15, -0.1) is 11.3 Å². The maximum Gasteiger partial charge on any atom is 0.235 e. The van der Waals surface area contributed by atoms with E-state index in [2.05, 4.69) is 23.3 Å². The van der Waals surface area contributed by atoms with Crippen LogP contribution in [0.15, 0.2) is 17.6 Å². The minimum atomic E-state index is -0.0962. The van der Waals surface area contributed by atoms with Crippen LogP contribution in [0.2, 0.25) is 0 Å². The molecule has 1 N–H and O–H groups in total. The monoisotopic (exact) mass is 346 g/mol. The van der Waals surface area contributed by atoms with Crippen LogP contribution >= 0.6 is 23.1 Å². The maximum atomic E-state index is 12.2. The van der Waals surface area contributed by atoms with Gasteiger partial charge in [0, 0.05) is 24.3 Å². The second kappa shape index (κ2) is 6.77. The molecule has 0 radical (unpaired) electrons. The van der Waals surface area contributed by atoms with Gasteiger partial charge >= 0.3 is 0 Å². The number of nitrogens with one attached hydrogen (secondary N) is 1. The fourth-order valence-electron chi connectivity index (χ4n) is 2.74. The third kappa shape index (κ3) is 3.43. The third-order valence-electron chi connectivity index (χ3n) is 3.99. The van der Waals surface area contributed by atoms with E-state index < -0.39 is 0 Å². The molecule has 0 saturated heterocycles. The summed E-state index contributed by atoms with van der Waals surface area (Å²) in [7, 11) is 1.90. The first-order chi connectivity index (χ1) is 11.1.